The molecule has 0 radical (unpaired) electrons. The molecule has 12 heteroatoms. The summed E-state index contributed by atoms with van der Waals surface area (Å²) in [5, 5.41) is 2.99. The zero-order chi connectivity index (χ0) is 34.7. The molecule has 1 saturated heterocycles. The van der Waals surface area contributed by atoms with Crippen molar-refractivity contribution in [3.8, 4) is 33.9 Å². The number of anilines is 1. The van der Waals surface area contributed by atoms with Crippen LogP contribution in [0.5, 0.6) is 11.5 Å². The molecule has 1 aliphatic rings. The first kappa shape index (κ1) is 33.7. The Kier molecular flexibility index (Phi) is 9.74. The van der Waals surface area contributed by atoms with E-state index in [0.29, 0.717) is 77.1 Å². The summed E-state index contributed by atoms with van der Waals surface area (Å²) in [6.45, 7) is 14.4. The molecule has 6 rings (SSSR count). The number of fused-ring (bicyclic) bond motifs is 1. The first-order valence-electron chi connectivity index (χ1n) is 15.9. The van der Waals surface area contributed by atoms with Gasteiger partial charge in [-0.25, -0.2) is 24.0 Å². The number of ether oxygens (including phenoxy) is 3. The molecule has 3 heterocycles. The first-order valence-corrected chi connectivity index (χ1v) is 16.7. The van der Waals surface area contributed by atoms with Crippen molar-refractivity contribution in [2.45, 2.75) is 51.9 Å². The number of rotatable bonds is 8. The molecule has 3 aromatic carbocycles. The summed E-state index contributed by atoms with van der Waals surface area (Å²) >= 11 is 3.69. The minimum Gasteiger partial charge on any atom is -0.493 e. The lowest BCUT2D eigenvalue weighted by molar-refractivity contribution is 0.0497. The molecule has 0 saturated carbocycles. The molecule has 0 spiro atoms. The number of carbonyl (C=O) groups excluding carboxylic acids is 1. The van der Waals surface area contributed by atoms with Crippen LogP contribution < -0.4 is 19.7 Å². The van der Waals surface area contributed by atoms with Crippen LogP contribution in [0.2, 0.25) is 0 Å². The molecule has 1 amide bonds. The van der Waals surface area contributed by atoms with E-state index in [4.69, 9.17) is 30.8 Å². The summed E-state index contributed by atoms with van der Waals surface area (Å²) in [5.74, 6) is 1.05. The van der Waals surface area contributed by atoms with E-state index in [1.165, 1.54) is 12.1 Å². The highest BCUT2D eigenvalue weighted by Gasteiger charge is 2.29. The van der Waals surface area contributed by atoms with E-state index in [9.17, 15) is 4.79 Å². The Bertz CT molecular complexity index is 2030. The first-order chi connectivity index (χ1) is 23.5. The number of piperidine rings is 1. The van der Waals surface area contributed by atoms with Gasteiger partial charge in [0.2, 0.25) is 11.6 Å². The number of benzene rings is 3. The highest BCUT2D eigenvalue weighted by molar-refractivity contribution is 9.10. The number of hydrogen-bond acceptors (Lipinski definition) is 7. The molecule has 10 nitrogen and oxygen atoms in total. The van der Waals surface area contributed by atoms with Crippen molar-refractivity contribution in [2.24, 2.45) is 0 Å². The van der Waals surface area contributed by atoms with E-state index in [2.05, 4.69) is 31.0 Å². The number of alkyl carbamates (subject to hydrolysis) is 1. The molecule has 0 atom stereocenters. The number of methoxy groups -OCH3 is 1. The van der Waals surface area contributed by atoms with Crippen LogP contribution >= 0.6 is 15.9 Å². The molecule has 0 unspecified atom stereocenters. The Morgan fingerprint density at radius 2 is 1.80 bits per heavy atom. The average molecular weight is 728 g/mol. The fraction of sp³-hybridized carbons (Fsp3) is 0.297. The monoisotopic (exact) mass is 726 g/mol. The van der Waals surface area contributed by atoms with Crippen molar-refractivity contribution in [2.75, 3.05) is 25.1 Å². The topological polar surface area (TPSA) is 94.6 Å². The lowest BCUT2D eigenvalue weighted by Crippen LogP contribution is -2.46. The Labute approximate surface area is 292 Å². The Balaban J connectivity index is 1.43. The van der Waals surface area contributed by atoms with Gasteiger partial charge < -0.3 is 24.4 Å². The van der Waals surface area contributed by atoms with Crippen molar-refractivity contribution in [1.82, 2.24) is 19.7 Å². The van der Waals surface area contributed by atoms with Crippen molar-refractivity contribution in [3.63, 3.8) is 0 Å². The molecule has 0 bridgehead atoms. The maximum Gasteiger partial charge on any atom is 0.407 e. The third kappa shape index (κ3) is 7.47. The summed E-state index contributed by atoms with van der Waals surface area (Å²) in [5.41, 5.74) is 3.30. The number of nitrogens with zero attached hydrogens (tertiary/aromatic N) is 5. The van der Waals surface area contributed by atoms with Gasteiger partial charge in [0.25, 0.3) is 0 Å². The van der Waals surface area contributed by atoms with Crippen LogP contribution in [0.15, 0.2) is 77.5 Å². The molecule has 5 aromatic rings. The third-order valence-electron chi connectivity index (χ3n) is 8.12. The van der Waals surface area contributed by atoms with Crippen LogP contribution in [0.1, 0.15) is 39.2 Å². The largest absolute Gasteiger partial charge is 0.493 e. The summed E-state index contributed by atoms with van der Waals surface area (Å²) in [6.07, 6.45) is 2.61. The fourth-order valence-corrected chi connectivity index (χ4v) is 6.25. The van der Waals surface area contributed by atoms with E-state index in [-0.39, 0.29) is 11.7 Å². The number of amides is 1. The van der Waals surface area contributed by atoms with Crippen molar-refractivity contribution < 1.29 is 23.4 Å². The maximum absolute atomic E-state index is 15.2. The second kappa shape index (κ2) is 14.1. The molecule has 2 aromatic heterocycles. The van der Waals surface area contributed by atoms with Gasteiger partial charge in [0.15, 0.2) is 17.1 Å². The normalized spacial score (nSPS) is 13.6. The summed E-state index contributed by atoms with van der Waals surface area (Å²) in [7, 11) is 1.59. The van der Waals surface area contributed by atoms with E-state index in [0.717, 1.165) is 11.1 Å². The Hall–Kier alpha value is -5.15. The minimum absolute atomic E-state index is 0.0598. The third-order valence-corrected chi connectivity index (χ3v) is 8.68. The number of carbonyl (C=O) groups is 1. The quantitative estimate of drug-likeness (QED) is 0.160. The fourth-order valence-electron chi connectivity index (χ4n) is 5.82. The smallest absolute Gasteiger partial charge is 0.407 e. The zero-order valence-electron chi connectivity index (χ0n) is 27.7. The lowest BCUT2D eigenvalue weighted by atomic mass is 9.99. The zero-order valence-corrected chi connectivity index (χ0v) is 29.3. The standard InChI is InChI=1S/C37H36BrFN6O4/c1-37(2,3)49-36(46)42-26-15-17-44(18-16-26)35-43-33(25-11-13-28(40-4)27(39)19-25)32(34-41-21-31(38)45(34)35)24-12-14-29(47-5)30(20-24)48-22-23-9-7-6-8-10-23/h6-14,19-21,26H,15-18,22H2,1-3,5H3,(H,42,46). The highest BCUT2D eigenvalue weighted by atomic mass is 79.9. The van der Waals surface area contributed by atoms with E-state index < -0.39 is 17.5 Å². The second-order valence-electron chi connectivity index (χ2n) is 12.7. The SMILES string of the molecule is [C-]#[N+]c1ccc(-c2nc(N3CCC(NC(=O)OC(C)(C)C)CC3)n3c(Br)cnc3c2-c2ccc(OC)c(OCc3ccccc3)c2)cc1F. The van der Waals surface area contributed by atoms with Gasteiger partial charge in [0, 0.05) is 24.7 Å². The van der Waals surface area contributed by atoms with Gasteiger partial charge >= 0.3 is 6.09 Å². The molecular weight excluding hydrogens is 691 g/mol. The number of imidazole rings is 1. The van der Waals surface area contributed by atoms with Crippen LogP contribution in [0, 0.1) is 12.4 Å². The van der Waals surface area contributed by atoms with Gasteiger partial charge in [-0.15, -0.1) is 0 Å². The maximum atomic E-state index is 15.2. The molecule has 1 N–H and O–H groups in total. The Morgan fingerprint density at radius 1 is 1.06 bits per heavy atom. The van der Waals surface area contributed by atoms with E-state index >= 15 is 4.39 Å². The Morgan fingerprint density at radius 3 is 2.47 bits per heavy atom. The predicted octanol–water partition coefficient (Wildman–Crippen LogP) is 8.60. The highest BCUT2D eigenvalue weighted by Crippen LogP contribution is 2.42. The second-order valence-corrected chi connectivity index (χ2v) is 13.5. The predicted molar refractivity (Wildman–Crippen MR) is 190 cm³/mol. The van der Waals surface area contributed by atoms with Crippen LogP contribution in [0.25, 0.3) is 32.9 Å². The summed E-state index contributed by atoms with van der Waals surface area (Å²) in [4.78, 5) is 27.9. The van der Waals surface area contributed by atoms with Gasteiger partial charge in [-0.05, 0) is 78.9 Å². The molecule has 1 aliphatic heterocycles. The van der Waals surface area contributed by atoms with Crippen molar-refractivity contribution in [3.05, 3.63) is 100 Å². The molecule has 49 heavy (non-hydrogen) atoms. The minimum atomic E-state index is -0.637. The number of aromatic nitrogens is 3. The van der Waals surface area contributed by atoms with Crippen LogP contribution in [0.3, 0.4) is 0 Å². The molecule has 1 fully saturated rings. The van der Waals surface area contributed by atoms with Crippen molar-refractivity contribution >= 4 is 39.3 Å². The van der Waals surface area contributed by atoms with E-state index in [1.54, 1.807) is 19.4 Å². The molecular formula is C37H36BrFN6O4. The summed E-state index contributed by atoms with van der Waals surface area (Å²) < 4.78 is 35.1. The number of nitrogens with one attached hydrogen (secondary N) is 1. The van der Waals surface area contributed by atoms with E-state index in [1.807, 2.05) is 73.7 Å². The molecule has 252 valence electrons. The van der Waals surface area contributed by atoms with Gasteiger partial charge in [-0.1, -0.05) is 48.5 Å². The summed E-state index contributed by atoms with van der Waals surface area (Å²) in [6, 6.07) is 19.9. The van der Waals surface area contributed by atoms with Gasteiger partial charge in [-0.3, -0.25) is 4.40 Å². The average Bonchev–Trinajstić information content (AvgIpc) is 3.47. The van der Waals surface area contributed by atoms with Crippen molar-refractivity contribution in [1.29, 1.82) is 0 Å². The van der Waals surface area contributed by atoms with Gasteiger partial charge in [0.1, 0.15) is 22.6 Å². The lowest BCUT2D eigenvalue weighted by Gasteiger charge is -2.34. The van der Waals surface area contributed by atoms with Crippen LogP contribution in [-0.2, 0) is 11.3 Å². The van der Waals surface area contributed by atoms with Crippen LogP contribution in [-0.4, -0.2) is 52.3 Å². The van der Waals surface area contributed by atoms with Gasteiger partial charge in [-0.2, -0.15) is 0 Å². The number of halogens is 2. The molecule has 0 aliphatic carbocycles. The van der Waals surface area contributed by atoms with Gasteiger partial charge in [0.05, 0.1) is 31.1 Å². The van der Waals surface area contributed by atoms with Crippen LogP contribution in [0.4, 0.5) is 20.8 Å². The number of hydrogen-bond donors (Lipinski definition) is 1.